The van der Waals surface area contributed by atoms with E-state index in [1.165, 1.54) is 11.0 Å². The van der Waals surface area contributed by atoms with E-state index >= 15 is 4.39 Å². The number of fused-ring (bicyclic) bond motifs is 3. The minimum Gasteiger partial charge on any atom is -0.465 e. The molecule has 1 fully saturated rings. The average Bonchev–Trinajstić information content (AvgIpc) is 3.40. The number of rotatable bonds is 3. The smallest absolute Gasteiger partial charge is 0.407 e. The van der Waals surface area contributed by atoms with E-state index in [4.69, 9.17) is 28.3 Å². The summed E-state index contributed by atoms with van der Waals surface area (Å²) in [5.74, 6) is 1.06. The number of nitrogens with one attached hydrogen (secondary N) is 1. The van der Waals surface area contributed by atoms with Crippen molar-refractivity contribution in [1.29, 1.82) is 0 Å². The molecule has 38 heavy (non-hydrogen) atoms. The van der Waals surface area contributed by atoms with Gasteiger partial charge in [0, 0.05) is 72.9 Å². The Balaban J connectivity index is 1.33. The van der Waals surface area contributed by atoms with Crippen molar-refractivity contribution in [3.8, 4) is 22.5 Å². The molecule has 0 bridgehead atoms. The van der Waals surface area contributed by atoms with Gasteiger partial charge in [0.05, 0.1) is 5.02 Å². The Morgan fingerprint density at radius 1 is 1.03 bits per heavy atom. The molecule has 2 aromatic carbocycles. The fourth-order valence-electron chi connectivity index (χ4n) is 4.87. The maximum Gasteiger partial charge on any atom is 0.407 e. The molecule has 1 saturated heterocycles. The molecule has 0 unspecified atom stereocenters. The van der Waals surface area contributed by atoms with Gasteiger partial charge in [-0.25, -0.2) is 19.2 Å². The molecule has 0 saturated carbocycles. The zero-order chi connectivity index (χ0) is 26.4. The van der Waals surface area contributed by atoms with E-state index in [1.54, 1.807) is 30.5 Å². The van der Waals surface area contributed by atoms with Crippen molar-refractivity contribution in [3.05, 3.63) is 70.1 Å². The summed E-state index contributed by atoms with van der Waals surface area (Å²) in [6, 6.07) is 12.1. The number of carboxylic acid groups (broad SMARTS) is 1. The van der Waals surface area contributed by atoms with Gasteiger partial charge < -0.3 is 24.8 Å². The van der Waals surface area contributed by atoms with Gasteiger partial charge in [-0.1, -0.05) is 29.3 Å². The molecule has 9 nitrogen and oxygen atoms in total. The number of nitrogens with zero attached hydrogens (tertiary/aromatic N) is 6. The monoisotopic (exact) mass is 553 g/mol. The molecule has 0 radical (unpaired) electrons. The minimum absolute atomic E-state index is 0.126. The number of aromatic nitrogens is 3. The molecule has 0 atom stereocenters. The van der Waals surface area contributed by atoms with Crippen LogP contribution in [0, 0.1) is 5.82 Å². The number of hydrogen-bond acceptors (Lipinski definition) is 6. The van der Waals surface area contributed by atoms with E-state index < -0.39 is 11.9 Å². The van der Waals surface area contributed by atoms with Crippen LogP contribution in [0.4, 0.5) is 26.4 Å². The van der Waals surface area contributed by atoms with Crippen molar-refractivity contribution >= 4 is 46.5 Å². The van der Waals surface area contributed by atoms with Crippen LogP contribution < -0.4 is 15.8 Å². The zero-order valence-electron chi connectivity index (χ0n) is 20.0. The molecule has 0 spiro atoms. The Kier molecular flexibility index (Phi) is 6.29. The van der Waals surface area contributed by atoms with Crippen LogP contribution >= 0.6 is 23.2 Å². The van der Waals surface area contributed by atoms with Crippen LogP contribution in [0.15, 0.2) is 53.7 Å². The lowest BCUT2D eigenvalue weighted by Gasteiger charge is -2.34. The number of amides is 1. The lowest BCUT2D eigenvalue weighted by molar-refractivity contribution is 0.142. The van der Waals surface area contributed by atoms with Crippen molar-refractivity contribution in [2.45, 2.75) is 6.54 Å². The van der Waals surface area contributed by atoms with Gasteiger partial charge in [-0.05, 0) is 36.4 Å². The van der Waals surface area contributed by atoms with E-state index in [1.807, 2.05) is 21.6 Å². The predicted molar refractivity (Wildman–Crippen MR) is 144 cm³/mol. The third kappa shape index (κ3) is 4.50. The van der Waals surface area contributed by atoms with E-state index in [0.717, 1.165) is 29.1 Å². The normalized spacial score (nSPS) is 15.6. The van der Waals surface area contributed by atoms with Crippen LogP contribution in [-0.4, -0.2) is 63.4 Å². The molecule has 0 aliphatic carbocycles. The molecule has 2 N–H and O–H groups in total. The highest BCUT2D eigenvalue weighted by molar-refractivity contribution is 6.36. The summed E-state index contributed by atoms with van der Waals surface area (Å²) in [6.45, 7) is 3.16. The molecule has 4 aliphatic heterocycles. The number of carbonyl (C=O) groups is 1. The Bertz CT molecular complexity index is 1600. The SMILES string of the molecule is O=C(O)N1CCN(c2ccc(N=c3ncc4cc(-c5ccc(Cl)cc5Cl)c5n(c-4n3)CCN5)c(F)c2)CC1. The van der Waals surface area contributed by atoms with Crippen LogP contribution in [0.3, 0.4) is 0 Å². The largest absolute Gasteiger partial charge is 0.465 e. The molecule has 194 valence electrons. The highest BCUT2D eigenvalue weighted by Gasteiger charge is 2.24. The Labute approximate surface area is 227 Å². The third-order valence-corrected chi connectivity index (χ3v) is 7.33. The lowest BCUT2D eigenvalue weighted by atomic mass is 10.0. The second-order valence-electron chi connectivity index (χ2n) is 9.06. The highest BCUT2D eigenvalue weighted by atomic mass is 35.5. The van der Waals surface area contributed by atoms with Crippen LogP contribution in [-0.2, 0) is 6.54 Å². The number of anilines is 2. The first-order chi connectivity index (χ1) is 18.4. The predicted octanol–water partition coefficient (Wildman–Crippen LogP) is 4.95. The maximum absolute atomic E-state index is 15.0. The van der Waals surface area contributed by atoms with Crippen molar-refractivity contribution in [2.24, 2.45) is 4.99 Å². The zero-order valence-corrected chi connectivity index (χ0v) is 21.5. The van der Waals surface area contributed by atoms with Crippen molar-refractivity contribution in [3.63, 3.8) is 0 Å². The molecule has 12 heteroatoms. The highest BCUT2D eigenvalue weighted by Crippen LogP contribution is 2.40. The van der Waals surface area contributed by atoms with E-state index in [9.17, 15) is 4.79 Å². The van der Waals surface area contributed by atoms with Crippen molar-refractivity contribution in [1.82, 2.24) is 19.4 Å². The molecule has 1 amide bonds. The molecule has 2 aromatic rings. The van der Waals surface area contributed by atoms with Crippen LogP contribution in [0.5, 0.6) is 0 Å². The van der Waals surface area contributed by atoms with Gasteiger partial charge in [-0.15, -0.1) is 0 Å². The minimum atomic E-state index is -0.940. The fourth-order valence-corrected chi connectivity index (χ4v) is 5.39. The second kappa shape index (κ2) is 9.77. The van der Waals surface area contributed by atoms with E-state index in [0.29, 0.717) is 54.3 Å². The van der Waals surface area contributed by atoms with Crippen molar-refractivity contribution in [2.75, 3.05) is 42.9 Å². The number of pyridine rings is 1. The summed E-state index contributed by atoms with van der Waals surface area (Å²) < 4.78 is 17.1. The summed E-state index contributed by atoms with van der Waals surface area (Å²) >= 11 is 12.6. The van der Waals surface area contributed by atoms with Gasteiger partial charge in [-0.2, -0.15) is 4.98 Å². The Hall–Kier alpha value is -3.89. The molecular weight excluding hydrogens is 532 g/mol. The third-order valence-electron chi connectivity index (χ3n) is 6.78. The number of halogens is 3. The maximum atomic E-state index is 15.0. The quantitative estimate of drug-likeness (QED) is 0.372. The first kappa shape index (κ1) is 24.4. The Morgan fingerprint density at radius 3 is 2.58 bits per heavy atom. The standard InChI is InChI=1S/C26H22Cl2FN7O2/c27-16-1-3-18(20(28)12-16)19-11-15-14-31-25(33-23(15)36-6-5-30-24(19)36)32-22-4-2-17(13-21(22)29)34-7-9-35(10-8-34)26(37)38/h1-4,11-14,30H,5-10H2,(H,37,38). The molecule has 0 aromatic heterocycles. The molecule has 4 heterocycles. The number of piperazine rings is 1. The molecule has 4 aliphatic rings. The number of benzene rings is 2. The second-order valence-corrected chi connectivity index (χ2v) is 9.91. The summed E-state index contributed by atoms with van der Waals surface area (Å²) in [5.41, 5.74) is 3.51. The number of hydrogen-bond donors (Lipinski definition) is 2. The summed E-state index contributed by atoms with van der Waals surface area (Å²) in [7, 11) is 0. The van der Waals surface area contributed by atoms with Crippen LogP contribution in [0.1, 0.15) is 0 Å². The topological polar surface area (TPSA) is 98.9 Å². The summed E-state index contributed by atoms with van der Waals surface area (Å²) in [6.07, 6.45) is 0.735. The van der Waals surface area contributed by atoms with Gasteiger partial charge in [-0.3, -0.25) is 0 Å². The molecule has 6 rings (SSSR count). The first-order valence-electron chi connectivity index (χ1n) is 12.0. The Morgan fingerprint density at radius 2 is 1.84 bits per heavy atom. The fraction of sp³-hybridized carbons (Fsp3) is 0.231. The van der Waals surface area contributed by atoms with Crippen molar-refractivity contribution < 1.29 is 14.3 Å². The van der Waals surface area contributed by atoms with Gasteiger partial charge in [0.15, 0.2) is 5.82 Å². The van der Waals surface area contributed by atoms with E-state index in [-0.39, 0.29) is 11.3 Å². The summed E-state index contributed by atoms with van der Waals surface area (Å²) in [5, 5.41) is 13.6. The summed E-state index contributed by atoms with van der Waals surface area (Å²) in [4.78, 5) is 27.8. The molecular formula is C26H22Cl2FN7O2. The average molecular weight is 554 g/mol. The van der Waals surface area contributed by atoms with Gasteiger partial charge in [0.2, 0.25) is 0 Å². The van der Waals surface area contributed by atoms with Gasteiger partial charge in [0.1, 0.15) is 17.3 Å². The van der Waals surface area contributed by atoms with Crippen LogP contribution in [0.25, 0.3) is 22.5 Å². The van der Waals surface area contributed by atoms with Gasteiger partial charge in [0.25, 0.3) is 5.62 Å². The van der Waals surface area contributed by atoms with Gasteiger partial charge >= 0.3 is 6.09 Å². The van der Waals surface area contributed by atoms with E-state index in [2.05, 4.69) is 20.3 Å². The van der Waals surface area contributed by atoms with Crippen LogP contribution in [0.2, 0.25) is 10.0 Å². The lowest BCUT2D eigenvalue weighted by Crippen LogP contribution is -2.48. The first-order valence-corrected chi connectivity index (χ1v) is 12.8.